The number of carbonyl (C=O) groups is 1. The maximum Gasteiger partial charge on any atom is 0.266 e. The van der Waals surface area contributed by atoms with Crippen molar-refractivity contribution >= 4 is 33.2 Å². The number of pyridine rings is 1. The number of carbonyl (C=O) groups excluding carboxylic acids is 1. The third kappa shape index (κ3) is 3.47. The summed E-state index contributed by atoms with van der Waals surface area (Å²) in [5.41, 5.74) is 1.53. The minimum Gasteiger partial charge on any atom is -0.337 e. The lowest BCUT2D eigenvalue weighted by Crippen LogP contribution is -2.52. The average Bonchev–Trinajstić information content (AvgIpc) is 3.06. The van der Waals surface area contributed by atoms with Gasteiger partial charge in [0.1, 0.15) is 0 Å². The molecule has 0 aromatic carbocycles. The van der Waals surface area contributed by atoms with Crippen molar-refractivity contribution in [3.63, 3.8) is 0 Å². The summed E-state index contributed by atoms with van der Waals surface area (Å²) in [6.07, 6.45) is 3.40. The normalized spacial score (nSPS) is 14.3. The number of hydrogen-bond acceptors (Lipinski definition) is 5. The molecular formula is C18H15BrN4O2S. The molecule has 1 aliphatic rings. The van der Waals surface area contributed by atoms with Gasteiger partial charge in [-0.1, -0.05) is 0 Å². The summed E-state index contributed by atoms with van der Waals surface area (Å²) in [5.74, 6) is 0.281. The molecule has 0 atom stereocenters. The number of likely N-dealkylation sites (tertiary alicyclic amines) is 1. The number of amides is 1. The zero-order valence-corrected chi connectivity index (χ0v) is 16.1. The van der Waals surface area contributed by atoms with Crippen molar-refractivity contribution in [2.24, 2.45) is 5.92 Å². The van der Waals surface area contributed by atoms with Crippen molar-refractivity contribution in [2.45, 2.75) is 6.54 Å². The van der Waals surface area contributed by atoms with E-state index < -0.39 is 0 Å². The highest BCUT2D eigenvalue weighted by molar-refractivity contribution is 9.10. The number of thiophene rings is 1. The molecule has 1 amide bonds. The molecular weight excluding hydrogens is 416 g/mol. The van der Waals surface area contributed by atoms with E-state index in [4.69, 9.17) is 0 Å². The Labute approximate surface area is 162 Å². The molecule has 3 aromatic heterocycles. The molecule has 0 bridgehead atoms. The highest BCUT2D eigenvalue weighted by atomic mass is 79.9. The second-order valence-electron chi connectivity index (χ2n) is 6.18. The lowest BCUT2D eigenvalue weighted by atomic mass is 10.00. The van der Waals surface area contributed by atoms with Gasteiger partial charge >= 0.3 is 0 Å². The van der Waals surface area contributed by atoms with Gasteiger partial charge in [-0.25, -0.2) is 4.68 Å². The minimum absolute atomic E-state index is 0.0443. The van der Waals surface area contributed by atoms with Gasteiger partial charge in [-0.2, -0.15) is 5.10 Å². The molecule has 0 unspecified atom stereocenters. The Hall–Kier alpha value is -2.32. The van der Waals surface area contributed by atoms with Crippen LogP contribution in [0.3, 0.4) is 0 Å². The van der Waals surface area contributed by atoms with Gasteiger partial charge in [0.15, 0.2) is 0 Å². The molecule has 3 aromatic rings. The van der Waals surface area contributed by atoms with Crippen LogP contribution < -0.4 is 5.56 Å². The van der Waals surface area contributed by atoms with Crippen LogP contribution in [0.4, 0.5) is 0 Å². The summed E-state index contributed by atoms with van der Waals surface area (Å²) in [4.78, 5) is 31.0. The fourth-order valence-corrected chi connectivity index (χ4v) is 4.33. The van der Waals surface area contributed by atoms with E-state index in [0.29, 0.717) is 19.6 Å². The van der Waals surface area contributed by atoms with Crippen LogP contribution in [0.15, 0.2) is 57.4 Å². The maximum atomic E-state index is 12.4. The van der Waals surface area contributed by atoms with Crippen LogP contribution in [0.1, 0.15) is 9.67 Å². The van der Waals surface area contributed by atoms with Gasteiger partial charge in [0, 0.05) is 52.9 Å². The van der Waals surface area contributed by atoms with Crippen LogP contribution >= 0.6 is 27.3 Å². The van der Waals surface area contributed by atoms with Gasteiger partial charge in [0.2, 0.25) is 0 Å². The molecule has 8 heteroatoms. The maximum absolute atomic E-state index is 12.4. The van der Waals surface area contributed by atoms with Crippen LogP contribution in [0, 0.1) is 5.92 Å². The summed E-state index contributed by atoms with van der Waals surface area (Å²) in [5, 5.41) is 6.37. The number of aromatic nitrogens is 3. The molecule has 6 nitrogen and oxygen atoms in total. The highest BCUT2D eigenvalue weighted by Crippen LogP contribution is 2.25. The molecule has 1 fully saturated rings. The van der Waals surface area contributed by atoms with Gasteiger partial charge in [-0.15, -0.1) is 11.3 Å². The Morgan fingerprint density at radius 1 is 1.23 bits per heavy atom. The van der Waals surface area contributed by atoms with E-state index in [9.17, 15) is 9.59 Å². The van der Waals surface area contributed by atoms with Crippen LogP contribution in [0.5, 0.6) is 0 Å². The first kappa shape index (κ1) is 17.1. The Bertz CT molecular complexity index is 996. The molecule has 26 heavy (non-hydrogen) atoms. The van der Waals surface area contributed by atoms with Gasteiger partial charge < -0.3 is 4.90 Å². The van der Waals surface area contributed by atoms with Crippen molar-refractivity contribution in [3.8, 4) is 11.3 Å². The molecule has 0 radical (unpaired) electrons. The number of nitrogens with zero attached hydrogens (tertiary/aromatic N) is 4. The first-order chi connectivity index (χ1) is 12.6. The van der Waals surface area contributed by atoms with E-state index in [2.05, 4.69) is 26.0 Å². The molecule has 0 aliphatic carbocycles. The smallest absolute Gasteiger partial charge is 0.266 e. The molecule has 4 rings (SSSR count). The minimum atomic E-state index is -0.130. The first-order valence-corrected chi connectivity index (χ1v) is 9.79. The van der Waals surface area contributed by atoms with Crippen LogP contribution in [0.2, 0.25) is 0 Å². The fourth-order valence-electron chi connectivity index (χ4n) is 2.93. The monoisotopic (exact) mass is 430 g/mol. The Morgan fingerprint density at radius 2 is 2.00 bits per heavy atom. The van der Waals surface area contributed by atoms with Crippen LogP contribution in [-0.4, -0.2) is 38.7 Å². The number of halogens is 1. The van der Waals surface area contributed by atoms with Crippen molar-refractivity contribution in [3.05, 3.63) is 67.8 Å². The van der Waals surface area contributed by atoms with E-state index in [1.165, 1.54) is 22.1 Å². The molecule has 1 saturated heterocycles. The molecule has 132 valence electrons. The van der Waals surface area contributed by atoms with Gasteiger partial charge in [-0.3, -0.25) is 14.6 Å². The summed E-state index contributed by atoms with van der Waals surface area (Å²) in [6.45, 7) is 1.79. The summed E-state index contributed by atoms with van der Waals surface area (Å²) < 4.78 is 2.41. The SMILES string of the molecule is O=C(c1cc(Br)cs1)N1CC(Cn2nc(-c3ccncc3)ccc2=O)C1. The van der Waals surface area contributed by atoms with E-state index >= 15 is 0 Å². The quantitative estimate of drug-likeness (QED) is 0.637. The van der Waals surface area contributed by atoms with E-state index in [0.717, 1.165) is 20.6 Å². The van der Waals surface area contributed by atoms with Gasteiger partial charge in [0.25, 0.3) is 11.5 Å². The zero-order valence-electron chi connectivity index (χ0n) is 13.7. The largest absolute Gasteiger partial charge is 0.337 e. The lowest BCUT2D eigenvalue weighted by molar-refractivity contribution is 0.0463. The van der Waals surface area contributed by atoms with E-state index in [1.54, 1.807) is 23.4 Å². The lowest BCUT2D eigenvalue weighted by Gasteiger charge is -2.39. The van der Waals surface area contributed by atoms with E-state index in [1.807, 2.05) is 23.6 Å². The molecule has 0 saturated carbocycles. The van der Waals surface area contributed by atoms with Crippen LogP contribution in [0.25, 0.3) is 11.3 Å². The average molecular weight is 431 g/mol. The Morgan fingerprint density at radius 3 is 2.69 bits per heavy atom. The van der Waals surface area contributed by atoms with E-state index in [-0.39, 0.29) is 17.4 Å². The van der Waals surface area contributed by atoms with Crippen molar-refractivity contribution in [1.82, 2.24) is 19.7 Å². The third-order valence-corrected chi connectivity index (χ3v) is 5.98. The second kappa shape index (κ2) is 7.13. The molecule has 1 aliphatic heterocycles. The fraction of sp³-hybridized carbons (Fsp3) is 0.222. The predicted molar refractivity (Wildman–Crippen MR) is 103 cm³/mol. The number of rotatable bonds is 4. The zero-order chi connectivity index (χ0) is 18.1. The first-order valence-electron chi connectivity index (χ1n) is 8.12. The third-order valence-electron chi connectivity index (χ3n) is 4.30. The summed E-state index contributed by atoms with van der Waals surface area (Å²) in [7, 11) is 0. The van der Waals surface area contributed by atoms with Gasteiger partial charge in [0.05, 0.1) is 17.1 Å². The predicted octanol–water partition coefficient (Wildman–Crippen LogP) is 2.90. The molecule has 4 heterocycles. The topological polar surface area (TPSA) is 68.1 Å². The van der Waals surface area contributed by atoms with Crippen molar-refractivity contribution in [2.75, 3.05) is 13.1 Å². The Balaban J connectivity index is 1.43. The summed E-state index contributed by atoms with van der Waals surface area (Å²) >= 11 is 4.80. The van der Waals surface area contributed by atoms with Crippen molar-refractivity contribution in [1.29, 1.82) is 0 Å². The summed E-state index contributed by atoms with van der Waals surface area (Å²) in [6, 6.07) is 8.82. The second-order valence-corrected chi connectivity index (χ2v) is 8.01. The standard InChI is InChI=1S/C18H15BrN4O2S/c19-14-7-16(26-11-14)18(25)22-8-12(9-22)10-23-17(24)2-1-15(21-23)13-3-5-20-6-4-13/h1-7,11-12H,8-10H2. The Kier molecular flexibility index (Phi) is 4.69. The van der Waals surface area contributed by atoms with Gasteiger partial charge in [-0.05, 0) is 40.2 Å². The van der Waals surface area contributed by atoms with Crippen molar-refractivity contribution < 1.29 is 4.79 Å². The molecule has 0 spiro atoms. The highest BCUT2D eigenvalue weighted by Gasteiger charge is 2.32. The van der Waals surface area contributed by atoms with Crippen LogP contribution in [-0.2, 0) is 6.54 Å². The number of hydrogen-bond donors (Lipinski definition) is 0. The molecule has 0 N–H and O–H groups in total.